The number of fused-ring (bicyclic) bond motifs is 3. The van der Waals surface area contributed by atoms with E-state index in [-0.39, 0.29) is 17.1 Å². The molecule has 0 aliphatic rings. The molecule has 0 radical (unpaired) electrons. The number of hydrogen-bond acceptors (Lipinski definition) is 3. The van der Waals surface area contributed by atoms with E-state index in [9.17, 15) is 17.3 Å². The topological polar surface area (TPSA) is 49.6 Å². The van der Waals surface area contributed by atoms with Crippen LogP contribution in [0.3, 0.4) is 0 Å². The second-order valence-corrected chi connectivity index (χ2v) is 4.83. The zero-order valence-corrected chi connectivity index (χ0v) is 14.6. The molecule has 0 fully saturated rings. The van der Waals surface area contributed by atoms with E-state index in [1.54, 1.807) is 6.07 Å². The first kappa shape index (κ1) is 22.8. The molecule has 9 heteroatoms. The SMILES string of the molecule is CC#N.Cc1ccc2ccc3ccc(C)nc3c2n1.F[B-](F)(F)F.[Cu+]. The van der Waals surface area contributed by atoms with Gasteiger partial charge in [-0.2, -0.15) is 5.26 Å². The molecule has 25 heavy (non-hydrogen) atoms. The molecule has 136 valence electrons. The van der Waals surface area contributed by atoms with Crippen LogP contribution in [0.4, 0.5) is 17.3 Å². The molecule has 2 aromatic heterocycles. The van der Waals surface area contributed by atoms with Crippen molar-refractivity contribution in [2.24, 2.45) is 0 Å². The molecule has 0 unspecified atom stereocenters. The molecule has 1 aromatic carbocycles. The van der Waals surface area contributed by atoms with E-state index in [1.165, 1.54) is 6.92 Å². The fourth-order valence-electron chi connectivity index (χ4n) is 1.96. The number of pyridine rings is 2. The Bertz CT molecular complexity index is 812. The van der Waals surface area contributed by atoms with Crippen molar-refractivity contribution in [1.82, 2.24) is 9.97 Å². The second-order valence-electron chi connectivity index (χ2n) is 4.83. The Hall–Kier alpha value is -2.17. The Labute approximate surface area is 153 Å². The Morgan fingerprint density at radius 1 is 0.800 bits per heavy atom. The number of nitrogens with zero attached hydrogens (tertiary/aromatic N) is 3. The van der Waals surface area contributed by atoms with Crippen LogP contribution in [0.15, 0.2) is 36.4 Å². The van der Waals surface area contributed by atoms with Gasteiger partial charge in [0.15, 0.2) is 0 Å². The van der Waals surface area contributed by atoms with E-state index in [4.69, 9.17) is 5.26 Å². The van der Waals surface area contributed by atoms with E-state index in [1.807, 2.05) is 26.0 Å². The molecule has 0 bridgehead atoms. The largest absolute Gasteiger partial charge is 1.00 e. The number of nitriles is 1. The summed E-state index contributed by atoms with van der Waals surface area (Å²) in [5.74, 6) is 0. The minimum absolute atomic E-state index is 0. The van der Waals surface area contributed by atoms with Crippen LogP contribution in [0, 0.1) is 25.2 Å². The van der Waals surface area contributed by atoms with Crippen molar-refractivity contribution >= 4 is 29.1 Å². The number of aryl methyl sites for hydroxylation is 2. The number of halogens is 4. The van der Waals surface area contributed by atoms with Gasteiger partial charge in [-0.3, -0.25) is 9.97 Å². The molecule has 3 aromatic rings. The molecule has 0 spiro atoms. The summed E-state index contributed by atoms with van der Waals surface area (Å²) >= 11 is 0. The maximum Gasteiger partial charge on any atom is 1.00 e. The maximum absolute atomic E-state index is 9.75. The quantitative estimate of drug-likeness (QED) is 0.295. The first-order valence-corrected chi connectivity index (χ1v) is 6.97. The van der Waals surface area contributed by atoms with Gasteiger partial charge in [0.2, 0.25) is 0 Å². The summed E-state index contributed by atoms with van der Waals surface area (Å²) in [7, 11) is -6.00. The molecule has 0 amide bonds. The fourth-order valence-corrected chi connectivity index (χ4v) is 1.96. The van der Waals surface area contributed by atoms with Gasteiger partial charge in [0.25, 0.3) is 0 Å². The molecule has 0 saturated carbocycles. The number of benzene rings is 1. The van der Waals surface area contributed by atoms with Crippen molar-refractivity contribution in [1.29, 1.82) is 5.26 Å². The molecule has 0 aliphatic carbocycles. The molecule has 0 atom stereocenters. The Kier molecular flexibility index (Phi) is 9.11. The summed E-state index contributed by atoms with van der Waals surface area (Å²) in [6, 6.07) is 14.2. The van der Waals surface area contributed by atoms with Gasteiger partial charge in [-0.15, -0.1) is 0 Å². The predicted molar refractivity (Wildman–Crippen MR) is 88.0 cm³/mol. The molecular formula is C16H15BCuF4N3. The van der Waals surface area contributed by atoms with Gasteiger partial charge in [0.1, 0.15) is 0 Å². The van der Waals surface area contributed by atoms with Gasteiger partial charge in [0, 0.05) is 29.1 Å². The van der Waals surface area contributed by atoms with Crippen LogP contribution >= 0.6 is 0 Å². The molecular weight excluding hydrogens is 385 g/mol. The van der Waals surface area contributed by atoms with Gasteiger partial charge >= 0.3 is 24.3 Å². The molecule has 3 nitrogen and oxygen atoms in total. The number of aromatic nitrogens is 2. The van der Waals surface area contributed by atoms with Crippen LogP contribution in [0.2, 0.25) is 0 Å². The molecule has 2 heterocycles. The second kappa shape index (κ2) is 9.97. The molecule has 0 N–H and O–H groups in total. The average Bonchev–Trinajstić information content (AvgIpc) is 2.46. The predicted octanol–water partition coefficient (Wildman–Crippen LogP) is 5.23. The van der Waals surface area contributed by atoms with Crippen LogP contribution < -0.4 is 0 Å². The smallest absolute Gasteiger partial charge is 0.418 e. The third-order valence-electron chi connectivity index (χ3n) is 2.80. The van der Waals surface area contributed by atoms with Gasteiger partial charge in [-0.25, -0.2) is 0 Å². The molecule has 0 saturated heterocycles. The summed E-state index contributed by atoms with van der Waals surface area (Å²) in [6.45, 7) is 5.45. The maximum atomic E-state index is 9.75. The van der Waals surface area contributed by atoms with Crippen LogP contribution in [0.5, 0.6) is 0 Å². The Morgan fingerprint density at radius 3 is 1.32 bits per heavy atom. The number of hydrogen-bond donors (Lipinski definition) is 0. The Balaban J connectivity index is 0.000000550. The third kappa shape index (κ3) is 7.97. The van der Waals surface area contributed by atoms with Gasteiger partial charge in [0.05, 0.1) is 17.1 Å². The van der Waals surface area contributed by atoms with Crippen molar-refractivity contribution in [3.63, 3.8) is 0 Å². The van der Waals surface area contributed by atoms with Crippen molar-refractivity contribution in [2.45, 2.75) is 20.8 Å². The third-order valence-corrected chi connectivity index (χ3v) is 2.80. The summed E-state index contributed by atoms with van der Waals surface area (Å²) < 4.78 is 39.0. The standard InChI is InChI=1S/C14H12N2.C2H3N.BF4.Cu/c1-9-3-5-11-7-8-12-6-4-10(2)16-14(12)13(11)15-9;1-2-3;2-1(3,4)5;/h3-8H,1-2H3;1H3;;/q;;-1;+1. The Morgan fingerprint density at radius 2 is 1.04 bits per heavy atom. The van der Waals surface area contributed by atoms with Gasteiger partial charge in [-0.05, 0) is 26.0 Å². The van der Waals surface area contributed by atoms with Crippen molar-refractivity contribution < 1.29 is 34.3 Å². The van der Waals surface area contributed by atoms with E-state index < -0.39 is 7.25 Å². The van der Waals surface area contributed by atoms with E-state index in [2.05, 4.69) is 34.2 Å². The molecule has 0 aliphatic heterocycles. The molecule has 3 rings (SSSR count). The minimum atomic E-state index is -6.00. The summed E-state index contributed by atoms with van der Waals surface area (Å²) in [5.41, 5.74) is 4.06. The van der Waals surface area contributed by atoms with E-state index in [0.717, 1.165) is 33.2 Å². The average molecular weight is 400 g/mol. The van der Waals surface area contributed by atoms with Gasteiger partial charge in [-0.1, -0.05) is 24.3 Å². The minimum Gasteiger partial charge on any atom is -0.418 e. The van der Waals surface area contributed by atoms with E-state index >= 15 is 0 Å². The van der Waals surface area contributed by atoms with Crippen molar-refractivity contribution in [3.8, 4) is 6.07 Å². The van der Waals surface area contributed by atoms with E-state index in [0.29, 0.717) is 0 Å². The van der Waals surface area contributed by atoms with Gasteiger partial charge < -0.3 is 17.3 Å². The normalized spacial score (nSPS) is 9.84. The summed E-state index contributed by atoms with van der Waals surface area (Å²) in [4.78, 5) is 9.16. The first-order valence-electron chi connectivity index (χ1n) is 6.97. The fraction of sp³-hybridized carbons (Fsp3) is 0.188. The van der Waals surface area contributed by atoms with Crippen LogP contribution in [0.25, 0.3) is 21.8 Å². The summed E-state index contributed by atoms with van der Waals surface area (Å²) in [5, 5.41) is 9.62. The van der Waals surface area contributed by atoms with Crippen LogP contribution in [0.1, 0.15) is 18.3 Å². The zero-order chi connectivity index (χ0) is 18.3. The zero-order valence-electron chi connectivity index (χ0n) is 13.7. The summed E-state index contributed by atoms with van der Waals surface area (Å²) in [6.07, 6.45) is 0. The van der Waals surface area contributed by atoms with Crippen molar-refractivity contribution in [3.05, 3.63) is 47.8 Å². The monoisotopic (exact) mass is 399 g/mol. The van der Waals surface area contributed by atoms with Crippen molar-refractivity contribution in [2.75, 3.05) is 0 Å². The van der Waals surface area contributed by atoms with Crippen LogP contribution in [-0.2, 0) is 17.1 Å². The van der Waals surface area contributed by atoms with Crippen LogP contribution in [-0.4, -0.2) is 17.2 Å². The number of rotatable bonds is 0. The first-order chi connectivity index (χ1) is 11.2.